The topological polar surface area (TPSA) is 45.2 Å². The van der Waals surface area contributed by atoms with E-state index in [1.807, 2.05) is 24.3 Å². The number of allylic oxidation sites excluding steroid dienone is 1. The number of amides is 1. The Hall–Kier alpha value is -3.20. The summed E-state index contributed by atoms with van der Waals surface area (Å²) in [5, 5.41) is 1.75. The zero-order valence-electron chi connectivity index (χ0n) is 15.4. The Balaban J connectivity index is 1.69. The summed E-state index contributed by atoms with van der Waals surface area (Å²) in [4.78, 5) is 20.6. The van der Waals surface area contributed by atoms with Gasteiger partial charge in [0, 0.05) is 34.5 Å². The highest BCUT2D eigenvalue weighted by molar-refractivity contribution is 6.18. The zero-order valence-corrected chi connectivity index (χ0v) is 15.4. The molecule has 1 N–H and O–H groups in total. The fourth-order valence-corrected chi connectivity index (χ4v) is 4.42. The maximum atomic E-state index is 12.9. The van der Waals surface area contributed by atoms with E-state index < -0.39 is 0 Å². The van der Waals surface area contributed by atoms with Crippen LogP contribution < -0.4 is 10.6 Å². The second-order valence-electron chi connectivity index (χ2n) is 7.42. The highest BCUT2D eigenvalue weighted by atomic mass is 16.1. The lowest BCUT2D eigenvalue weighted by Crippen LogP contribution is -2.24. The molecule has 1 aliphatic carbocycles. The number of carbonyl (C=O) groups is 1. The minimum Gasteiger partial charge on any atom is -0.362 e. The fourth-order valence-electron chi connectivity index (χ4n) is 4.42. The van der Waals surface area contributed by atoms with Gasteiger partial charge in [0.1, 0.15) is 0 Å². The number of carbonyl (C=O) groups excluding carboxylic acids is 1. The van der Waals surface area contributed by atoms with Gasteiger partial charge < -0.3 is 4.98 Å². The smallest absolute Gasteiger partial charge is 0.275 e. The molecule has 27 heavy (non-hydrogen) atoms. The first-order chi connectivity index (χ1) is 13.1. The van der Waals surface area contributed by atoms with Crippen molar-refractivity contribution in [2.45, 2.75) is 26.2 Å². The van der Waals surface area contributed by atoms with Crippen LogP contribution >= 0.6 is 0 Å². The van der Waals surface area contributed by atoms with Gasteiger partial charge in [-0.15, -0.1) is 0 Å². The van der Waals surface area contributed by atoms with Crippen molar-refractivity contribution in [3.63, 3.8) is 0 Å². The molecule has 1 aliphatic heterocycles. The van der Waals surface area contributed by atoms with E-state index in [-0.39, 0.29) is 11.8 Å². The summed E-state index contributed by atoms with van der Waals surface area (Å²) in [7, 11) is 0. The molecule has 0 saturated carbocycles. The van der Waals surface area contributed by atoms with Gasteiger partial charge in [-0.3, -0.25) is 4.79 Å². The first-order valence-electron chi connectivity index (χ1n) is 9.28. The molecule has 0 spiro atoms. The zero-order chi connectivity index (χ0) is 18.5. The maximum absolute atomic E-state index is 12.9. The van der Waals surface area contributed by atoms with E-state index in [0.717, 1.165) is 22.6 Å². The van der Waals surface area contributed by atoms with Crippen molar-refractivity contribution < 1.29 is 4.79 Å². The van der Waals surface area contributed by atoms with Crippen molar-refractivity contribution in [2.75, 3.05) is 0 Å². The molecule has 3 nitrogen and oxygen atoms in total. The molecule has 0 fully saturated rings. The Morgan fingerprint density at radius 3 is 2.63 bits per heavy atom. The number of hydrogen-bond acceptors (Lipinski definition) is 1. The van der Waals surface area contributed by atoms with Crippen LogP contribution in [0.4, 0.5) is 0 Å². The van der Waals surface area contributed by atoms with Crippen LogP contribution in [0.2, 0.25) is 0 Å². The predicted molar refractivity (Wildman–Crippen MR) is 107 cm³/mol. The molecule has 1 aromatic heterocycles. The molecule has 2 heterocycles. The second kappa shape index (κ2) is 5.92. The average Bonchev–Trinajstić information content (AvgIpc) is 3.27. The van der Waals surface area contributed by atoms with E-state index in [1.54, 1.807) is 0 Å². The number of nitrogens with zero attached hydrogens (tertiary/aromatic N) is 1. The third-order valence-electron chi connectivity index (χ3n) is 5.59. The van der Waals surface area contributed by atoms with Crippen molar-refractivity contribution in [3.05, 3.63) is 98.8 Å². The van der Waals surface area contributed by atoms with E-state index in [9.17, 15) is 4.79 Å². The van der Waals surface area contributed by atoms with Crippen LogP contribution in [-0.4, -0.2) is 10.9 Å². The number of aryl methyl sites for hydroxylation is 2. The molecule has 0 radical (unpaired) electrons. The number of para-hydroxylation sites is 1. The molecule has 1 unspecified atom stereocenters. The average molecular weight is 352 g/mol. The molecule has 0 bridgehead atoms. The molecule has 3 aromatic rings. The predicted octanol–water partition coefficient (Wildman–Crippen LogP) is 3.37. The Morgan fingerprint density at radius 1 is 1.04 bits per heavy atom. The van der Waals surface area contributed by atoms with Gasteiger partial charge in [-0.25, -0.2) is 4.99 Å². The van der Waals surface area contributed by atoms with Crippen LogP contribution in [-0.2, 0) is 11.2 Å². The fraction of sp³-hybridized carbons (Fsp3) is 0.167. The van der Waals surface area contributed by atoms with Crippen LogP contribution in [0, 0.1) is 13.8 Å². The molecule has 0 saturated heterocycles. The summed E-state index contributed by atoms with van der Waals surface area (Å²) in [5.74, 6) is -0.146. The van der Waals surface area contributed by atoms with Crippen LogP contribution in [0.3, 0.4) is 0 Å². The number of rotatable bonds is 3. The Bertz CT molecular complexity index is 1240. The van der Waals surface area contributed by atoms with E-state index in [1.165, 1.54) is 33.7 Å². The SMILES string of the molecule is Cc1cc(C)c(CC2=Cc3ccccc3C2C2=c3ccccc3=NC2=O)[nH]1. The van der Waals surface area contributed by atoms with Gasteiger partial charge in [-0.2, -0.15) is 0 Å². The number of H-pyrrole nitrogens is 1. The molecule has 5 rings (SSSR count). The third-order valence-corrected chi connectivity index (χ3v) is 5.59. The highest BCUT2D eigenvalue weighted by Crippen LogP contribution is 2.43. The molecular weight excluding hydrogens is 332 g/mol. The van der Waals surface area contributed by atoms with Crippen LogP contribution in [0.15, 0.2) is 65.2 Å². The molecule has 1 amide bonds. The lowest BCUT2D eigenvalue weighted by Gasteiger charge is -2.17. The number of hydrogen-bond donors (Lipinski definition) is 1. The van der Waals surface area contributed by atoms with Gasteiger partial charge in [0.15, 0.2) is 0 Å². The van der Waals surface area contributed by atoms with Crippen LogP contribution in [0.25, 0.3) is 11.6 Å². The highest BCUT2D eigenvalue weighted by Gasteiger charge is 2.34. The number of aromatic nitrogens is 1. The van der Waals surface area contributed by atoms with E-state index in [2.05, 4.69) is 60.2 Å². The minimum atomic E-state index is -0.108. The standard InChI is InChI=1S/C24H20N2O/c1-14-11-15(2)25-21(14)13-17-12-16-7-3-4-8-18(16)22(17)23-19-9-5-6-10-20(19)26-24(23)27/h3-12,22,25H,13H2,1-2H3. The lowest BCUT2D eigenvalue weighted by atomic mass is 9.85. The van der Waals surface area contributed by atoms with Gasteiger partial charge in [0.25, 0.3) is 5.91 Å². The molecule has 132 valence electrons. The lowest BCUT2D eigenvalue weighted by molar-refractivity contribution is -0.112. The first kappa shape index (κ1) is 16.0. The van der Waals surface area contributed by atoms with Gasteiger partial charge >= 0.3 is 0 Å². The molecule has 3 heteroatoms. The maximum Gasteiger partial charge on any atom is 0.275 e. The summed E-state index contributed by atoms with van der Waals surface area (Å²) >= 11 is 0. The normalized spacial score (nSPS) is 17.6. The van der Waals surface area contributed by atoms with Crippen LogP contribution in [0.5, 0.6) is 0 Å². The monoisotopic (exact) mass is 352 g/mol. The largest absolute Gasteiger partial charge is 0.362 e. The molecule has 2 aromatic carbocycles. The number of fused-ring (bicyclic) bond motifs is 2. The number of nitrogens with one attached hydrogen (secondary N) is 1. The van der Waals surface area contributed by atoms with E-state index in [4.69, 9.17) is 0 Å². The van der Waals surface area contributed by atoms with Gasteiger partial charge in [0.05, 0.1) is 5.36 Å². The Labute approximate surface area is 157 Å². The minimum absolute atomic E-state index is 0.0379. The number of benzene rings is 2. The summed E-state index contributed by atoms with van der Waals surface area (Å²) < 4.78 is 0. The second-order valence-corrected chi connectivity index (χ2v) is 7.42. The van der Waals surface area contributed by atoms with Crippen molar-refractivity contribution in [1.29, 1.82) is 0 Å². The number of aromatic amines is 1. The summed E-state index contributed by atoms with van der Waals surface area (Å²) in [6.07, 6.45) is 3.05. The van der Waals surface area contributed by atoms with Gasteiger partial charge in [-0.1, -0.05) is 54.1 Å². The summed E-state index contributed by atoms with van der Waals surface area (Å²) in [6.45, 7) is 4.21. The summed E-state index contributed by atoms with van der Waals surface area (Å²) in [5.41, 5.74) is 8.09. The van der Waals surface area contributed by atoms with Crippen molar-refractivity contribution in [3.8, 4) is 0 Å². The molecule has 1 atom stereocenters. The molecule has 2 aliphatic rings. The third kappa shape index (κ3) is 2.50. The van der Waals surface area contributed by atoms with Crippen LogP contribution in [0.1, 0.15) is 34.0 Å². The van der Waals surface area contributed by atoms with Crippen molar-refractivity contribution in [2.24, 2.45) is 4.99 Å². The Kier molecular flexibility index (Phi) is 3.51. The van der Waals surface area contributed by atoms with Gasteiger partial charge in [-0.05, 0) is 42.7 Å². The Morgan fingerprint density at radius 2 is 1.81 bits per heavy atom. The van der Waals surface area contributed by atoms with E-state index in [0.29, 0.717) is 0 Å². The summed E-state index contributed by atoms with van der Waals surface area (Å²) in [6, 6.07) is 18.4. The molecular formula is C24H20N2O. The van der Waals surface area contributed by atoms with Gasteiger partial charge in [0.2, 0.25) is 0 Å². The van der Waals surface area contributed by atoms with E-state index >= 15 is 0 Å². The van der Waals surface area contributed by atoms with Crippen molar-refractivity contribution >= 4 is 17.6 Å². The first-order valence-corrected chi connectivity index (χ1v) is 9.28. The quantitative estimate of drug-likeness (QED) is 0.772. The van der Waals surface area contributed by atoms with Crippen molar-refractivity contribution in [1.82, 2.24) is 4.98 Å².